The number of halogens is 1. The molecule has 0 fully saturated rings. The number of nitrogens with one attached hydrogen (secondary N) is 1. The van der Waals surface area contributed by atoms with Crippen LogP contribution in [-0.4, -0.2) is 25.5 Å². The van der Waals surface area contributed by atoms with Crippen LogP contribution in [0.25, 0.3) is 5.57 Å². The molecule has 0 radical (unpaired) electrons. The van der Waals surface area contributed by atoms with Gasteiger partial charge >= 0.3 is 0 Å². The van der Waals surface area contributed by atoms with E-state index in [2.05, 4.69) is 5.32 Å². The molecule has 162 valence electrons. The number of carbonyl (C=O) groups excluding carboxylic acids is 2. The first-order chi connectivity index (χ1) is 15.5. The Balaban J connectivity index is 1.75. The van der Waals surface area contributed by atoms with Crippen molar-refractivity contribution in [2.24, 2.45) is 0 Å². The summed E-state index contributed by atoms with van der Waals surface area (Å²) in [6.45, 7) is 2.42. The highest BCUT2D eigenvalue weighted by atomic mass is 35.5. The second kappa shape index (κ2) is 9.16. The first kappa shape index (κ1) is 21.5. The lowest BCUT2D eigenvalue weighted by molar-refractivity contribution is -0.120. The zero-order valence-corrected chi connectivity index (χ0v) is 18.3. The number of amides is 2. The number of ether oxygens (including phenoxy) is 2. The van der Waals surface area contributed by atoms with Gasteiger partial charge in [-0.1, -0.05) is 41.9 Å². The predicted molar refractivity (Wildman–Crippen MR) is 125 cm³/mol. The standard InChI is InChI=1S/C25H21ClN2O4/c1-3-32-19-12-10-18(11-13-19)28-24(29)22(16-7-5-4-6-8-16)23(25(28)30)27-17-9-14-21(31-2)20(26)15-17/h4-15,27H,3H2,1-2H3. The van der Waals surface area contributed by atoms with Gasteiger partial charge in [0.1, 0.15) is 17.2 Å². The maximum atomic E-state index is 13.4. The van der Waals surface area contributed by atoms with Crippen molar-refractivity contribution in [1.29, 1.82) is 0 Å². The summed E-state index contributed by atoms with van der Waals surface area (Å²) in [5, 5.41) is 3.48. The van der Waals surface area contributed by atoms with Crippen LogP contribution in [0.15, 0.2) is 78.5 Å². The maximum Gasteiger partial charge on any atom is 0.282 e. The van der Waals surface area contributed by atoms with Crippen LogP contribution in [0.2, 0.25) is 5.02 Å². The average Bonchev–Trinajstić information content (AvgIpc) is 3.04. The van der Waals surface area contributed by atoms with E-state index in [4.69, 9.17) is 21.1 Å². The Hall–Kier alpha value is -3.77. The van der Waals surface area contributed by atoms with E-state index in [9.17, 15) is 9.59 Å². The van der Waals surface area contributed by atoms with Gasteiger partial charge < -0.3 is 14.8 Å². The lowest BCUT2D eigenvalue weighted by Gasteiger charge is -2.16. The van der Waals surface area contributed by atoms with Gasteiger partial charge in [-0.3, -0.25) is 9.59 Å². The van der Waals surface area contributed by atoms with Gasteiger partial charge in [-0.15, -0.1) is 0 Å². The summed E-state index contributed by atoms with van der Waals surface area (Å²) in [5.74, 6) is 0.314. The molecule has 1 heterocycles. The quantitative estimate of drug-likeness (QED) is 0.506. The van der Waals surface area contributed by atoms with Crippen LogP contribution in [0, 0.1) is 0 Å². The monoisotopic (exact) mass is 448 g/mol. The Bertz CT molecular complexity index is 1190. The first-order valence-electron chi connectivity index (χ1n) is 10.1. The largest absolute Gasteiger partial charge is 0.495 e. The summed E-state index contributed by atoms with van der Waals surface area (Å²) >= 11 is 6.24. The number of nitrogens with zero attached hydrogens (tertiary/aromatic N) is 1. The van der Waals surface area contributed by atoms with Gasteiger partial charge in [-0.25, -0.2) is 4.90 Å². The lowest BCUT2D eigenvalue weighted by Crippen LogP contribution is -2.32. The number of anilines is 2. The molecular formula is C25H21ClN2O4. The smallest absolute Gasteiger partial charge is 0.282 e. The fourth-order valence-corrected chi connectivity index (χ4v) is 3.76. The number of rotatable bonds is 7. The van der Waals surface area contributed by atoms with Crippen LogP contribution in [0.3, 0.4) is 0 Å². The Labute approximate surface area is 191 Å². The van der Waals surface area contributed by atoms with E-state index >= 15 is 0 Å². The zero-order valence-electron chi connectivity index (χ0n) is 17.6. The highest BCUT2D eigenvalue weighted by molar-refractivity contribution is 6.46. The van der Waals surface area contributed by atoms with E-state index in [1.165, 1.54) is 7.11 Å². The Morgan fingerprint density at radius 2 is 1.66 bits per heavy atom. The third-order valence-corrected chi connectivity index (χ3v) is 5.27. The number of benzene rings is 3. The van der Waals surface area contributed by atoms with Crippen LogP contribution in [-0.2, 0) is 9.59 Å². The lowest BCUT2D eigenvalue weighted by atomic mass is 10.0. The number of hydrogen-bond donors (Lipinski definition) is 1. The molecule has 0 aliphatic carbocycles. The van der Waals surface area contributed by atoms with Gasteiger partial charge in [0.05, 0.1) is 30.0 Å². The summed E-state index contributed by atoms with van der Waals surface area (Å²) < 4.78 is 10.7. The number of hydrogen-bond acceptors (Lipinski definition) is 5. The van der Waals surface area contributed by atoms with Crippen LogP contribution in [0.5, 0.6) is 11.5 Å². The van der Waals surface area contributed by atoms with Crippen molar-refractivity contribution in [2.75, 3.05) is 23.9 Å². The van der Waals surface area contributed by atoms with Crippen LogP contribution < -0.4 is 19.7 Å². The second-order valence-corrected chi connectivity index (χ2v) is 7.37. The predicted octanol–water partition coefficient (Wildman–Crippen LogP) is 5.14. The molecule has 0 spiro atoms. The van der Waals surface area contributed by atoms with E-state index in [1.807, 2.05) is 25.1 Å². The minimum atomic E-state index is -0.454. The molecule has 0 saturated carbocycles. The molecule has 4 rings (SSSR count). The van der Waals surface area contributed by atoms with E-state index in [-0.39, 0.29) is 11.3 Å². The molecule has 1 aliphatic rings. The average molecular weight is 449 g/mol. The van der Waals surface area contributed by atoms with E-state index in [0.29, 0.717) is 40.1 Å². The minimum Gasteiger partial charge on any atom is -0.495 e. The fraction of sp³-hybridized carbons (Fsp3) is 0.120. The van der Waals surface area contributed by atoms with Crippen molar-refractivity contribution in [3.05, 3.63) is 89.1 Å². The molecule has 3 aromatic rings. The van der Waals surface area contributed by atoms with Gasteiger partial charge in [-0.2, -0.15) is 0 Å². The van der Waals surface area contributed by atoms with Crippen molar-refractivity contribution in [2.45, 2.75) is 6.92 Å². The van der Waals surface area contributed by atoms with Gasteiger partial charge in [-0.05, 0) is 55.0 Å². The number of carbonyl (C=O) groups is 2. The van der Waals surface area contributed by atoms with Crippen molar-refractivity contribution in [3.8, 4) is 11.5 Å². The summed E-state index contributed by atoms with van der Waals surface area (Å²) in [5.41, 5.74) is 2.13. The third-order valence-electron chi connectivity index (χ3n) is 4.97. The molecule has 2 amide bonds. The molecule has 3 aromatic carbocycles. The molecule has 0 bridgehead atoms. The summed E-state index contributed by atoms with van der Waals surface area (Å²) in [6.07, 6.45) is 0. The third kappa shape index (κ3) is 4.05. The summed E-state index contributed by atoms with van der Waals surface area (Å²) in [6, 6.07) is 21.0. The van der Waals surface area contributed by atoms with Crippen LogP contribution in [0.1, 0.15) is 12.5 Å². The number of imide groups is 1. The van der Waals surface area contributed by atoms with Crippen molar-refractivity contribution in [1.82, 2.24) is 0 Å². The molecular weight excluding hydrogens is 428 g/mol. The van der Waals surface area contributed by atoms with Crippen LogP contribution >= 0.6 is 11.6 Å². The summed E-state index contributed by atoms with van der Waals surface area (Å²) in [7, 11) is 1.53. The molecule has 0 saturated heterocycles. The van der Waals surface area contributed by atoms with Gasteiger partial charge in [0.25, 0.3) is 11.8 Å². The van der Waals surface area contributed by atoms with E-state index < -0.39 is 11.8 Å². The molecule has 0 unspecified atom stereocenters. The Kier molecular flexibility index (Phi) is 6.14. The molecule has 7 heteroatoms. The van der Waals surface area contributed by atoms with Gasteiger partial charge in [0, 0.05) is 5.69 Å². The molecule has 0 aromatic heterocycles. The highest BCUT2D eigenvalue weighted by Crippen LogP contribution is 2.35. The van der Waals surface area contributed by atoms with Crippen molar-refractivity contribution in [3.63, 3.8) is 0 Å². The SMILES string of the molecule is CCOc1ccc(N2C(=O)C(Nc3ccc(OC)c(Cl)c3)=C(c3ccccc3)C2=O)cc1. The second-order valence-electron chi connectivity index (χ2n) is 6.96. The molecule has 6 nitrogen and oxygen atoms in total. The van der Waals surface area contributed by atoms with Gasteiger partial charge in [0.2, 0.25) is 0 Å². The van der Waals surface area contributed by atoms with Gasteiger partial charge in [0.15, 0.2) is 0 Å². The first-order valence-corrected chi connectivity index (χ1v) is 10.4. The highest BCUT2D eigenvalue weighted by Gasteiger charge is 2.40. The maximum absolute atomic E-state index is 13.4. The molecule has 1 aliphatic heterocycles. The van der Waals surface area contributed by atoms with Crippen LogP contribution in [0.4, 0.5) is 11.4 Å². The topological polar surface area (TPSA) is 67.9 Å². The molecule has 32 heavy (non-hydrogen) atoms. The number of methoxy groups -OCH3 is 1. The van der Waals surface area contributed by atoms with E-state index in [1.54, 1.807) is 54.6 Å². The summed E-state index contributed by atoms with van der Waals surface area (Å²) in [4.78, 5) is 28.0. The molecule has 1 N–H and O–H groups in total. The van der Waals surface area contributed by atoms with E-state index in [0.717, 1.165) is 4.90 Å². The Morgan fingerprint density at radius 3 is 2.28 bits per heavy atom. The molecule has 0 atom stereocenters. The Morgan fingerprint density at radius 1 is 0.938 bits per heavy atom. The zero-order chi connectivity index (χ0) is 22.7. The normalized spacial score (nSPS) is 13.5. The van der Waals surface area contributed by atoms with Crippen molar-refractivity contribution < 1.29 is 19.1 Å². The fourth-order valence-electron chi connectivity index (χ4n) is 3.50. The van der Waals surface area contributed by atoms with Crippen molar-refractivity contribution >= 4 is 40.4 Å². The minimum absolute atomic E-state index is 0.177.